The first-order valence-electron chi connectivity index (χ1n) is 8.77. The molecule has 0 aromatic heterocycles. The van der Waals surface area contributed by atoms with Crippen molar-refractivity contribution in [2.75, 3.05) is 6.54 Å². The van der Waals surface area contributed by atoms with Crippen LogP contribution in [-0.2, 0) is 19.2 Å². The van der Waals surface area contributed by atoms with E-state index < -0.39 is 29.5 Å². The Labute approximate surface area is 153 Å². The largest absolute Gasteiger partial charge is 0.370 e. The van der Waals surface area contributed by atoms with E-state index in [2.05, 4.69) is 0 Å². The van der Waals surface area contributed by atoms with Crippen LogP contribution >= 0.6 is 0 Å². The molecule has 2 aliphatic rings. The molecule has 0 spiro atoms. The van der Waals surface area contributed by atoms with Crippen LogP contribution in [0.3, 0.4) is 0 Å². The molecule has 7 heteroatoms. The van der Waals surface area contributed by atoms with Crippen LogP contribution in [0.1, 0.15) is 44.4 Å². The van der Waals surface area contributed by atoms with Crippen molar-refractivity contribution in [1.82, 2.24) is 9.96 Å². The van der Waals surface area contributed by atoms with Gasteiger partial charge in [-0.05, 0) is 33.3 Å². The quantitative estimate of drug-likeness (QED) is 0.818. The summed E-state index contributed by atoms with van der Waals surface area (Å²) in [6.45, 7) is 7.70. The van der Waals surface area contributed by atoms with Crippen molar-refractivity contribution < 1.29 is 19.2 Å². The van der Waals surface area contributed by atoms with Crippen LogP contribution in [-0.4, -0.2) is 45.9 Å². The van der Waals surface area contributed by atoms with Crippen molar-refractivity contribution >= 4 is 17.7 Å². The lowest BCUT2D eigenvalue weighted by Crippen LogP contribution is -2.48. The highest BCUT2D eigenvalue weighted by atomic mass is 16.7. The van der Waals surface area contributed by atoms with Gasteiger partial charge in [-0.2, -0.15) is 5.06 Å². The summed E-state index contributed by atoms with van der Waals surface area (Å²) >= 11 is 0. The minimum Gasteiger partial charge on any atom is -0.370 e. The molecule has 2 fully saturated rings. The van der Waals surface area contributed by atoms with Crippen molar-refractivity contribution in [3.8, 4) is 0 Å². The summed E-state index contributed by atoms with van der Waals surface area (Å²) in [5.41, 5.74) is 6.62. The van der Waals surface area contributed by atoms with E-state index in [0.29, 0.717) is 0 Å². The van der Waals surface area contributed by atoms with Crippen LogP contribution in [0.4, 0.5) is 0 Å². The summed E-state index contributed by atoms with van der Waals surface area (Å²) in [4.78, 5) is 44.3. The zero-order chi connectivity index (χ0) is 19.2. The van der Waals surface area contributed by atoms with E-state index in [0.717, 1.165) is 11.1 Å². The normalized spacial score (nSPS) is 26.5. The van der Waals surface area contributed by atoms with Gasteiger partial charge in [0, 0.05) is 18.5 Å². The van der Waals surface area contributed by atoms with E-state index in [4.69, 9.17) is 10.6 Å². The topological polar surface area (TPSA) is 92.9 Å². The van der Waals surface area contributed by atoms with Crippen LogP contribution in [0.15, 0.2) is 24.3 Å². The second-order valence-electron chi connectivity index (χ2n) is 7.95. The van der Waals surface area contributed by atoms with Gasteiger partial charge in [-0.3, -0.25) is 24.1 Å². The molecule has 7 nitrogen and oxygen atoms in total. The first-order valence-corrected chi connectivity index (χ1v) is 8.77. The highest BCUT2D eigenvalue weighted by Gasteiger charge is 2.61. The van der Waals surface area contributed by atoms with Gasteiger partial charge in [0.05, 0.1) is 12.0 Å². The number of hydrogen-bond acceptors (Lipinski definition) is 5. The maximum absolute atomic E-state index is 13.1. The third-order valence-corrected chi connectivity index (χ3v) is 4.86. The zero-order valence-electron chi connectivity index (χ0n) is 15.6. The van der Waals surface area contributed by atoms with Gasteiger partial charge < -0.3 is 5.73 Å². The van der Waals surface area contributed by atoms with Gasteiger partial charge in [-0.15, -0.1) is 0 Å². The smallest absolute Gasteiger partial charge is 0.261 e. The first kappa shape index (κ1) is 18.5. The number of primary amides is 1. The molecule has 140 valence electrons. The molecule has 2 saturated heterocycles. The Morgan fingerprint density at radius 1 is 1.15 bits per heavy atom. The number of nitrogens with zero attached hydrogens (tertiary/aromatic N) is 2. The fraction of sp³-hybridized carbons (Fsp3) is 0.526. The number of carbonyl (C=O) groups is 3. The molecular weight excluding hydrogens is 334 g/mol. The molecular formula is C19H25N3O4. The number of hydroxylamine groups is 2. The van der Waals surface area contributed by atoms with Crippen LogP contribution in [0.5, 0.6) is 0 Å². The van der Waals surface area contributed by atoms with Crippen LogP contribution in [0.25, 0.3) is 0 Å². The number of imide groups is 1. The molecule has 26 heavy (non-hydrogen) atoms. The van der Waals surface area contributed by atoms with Gasteiger partial charge in [0.25, 0.3) is 5.91 Å². The number of rotatable bonds is 4. The molecule has 3 rings (SSSR count). The van der Waals surface area contributed by atoms with Crippen molar-refractivity contribution in [2.45, 2.75) is 51.8 Å². The average molecular weight is 359 g/mol. The molecule has 3 amide bonds. The molecule has 0 saturated carbocycles. The summed E-state index contributed by atoms with van der Waals surface area (Å²) in [7, 11) is 0. The standard InChI is InChI=1S/C19H25N3O4/c1-11-5-7-12(8-6-11)15-14-16(26-21(15)10-9-13(20)23)18(25)22(17(14)24)19(2,3)4/h5-8,14-16H,9-10H2,1-4H3,(H2,20,23). The highest BCUT2D eigenvalue weighted by Crippen LogP contribution is 2.46. The molecule has 2 heterocycles. The molecule has 0 aliphatic carbocycles. The third kappa shape index (κ3) is 3.12. The molecule has 3 atom stereocenters. The number of aryl methyl sites for hydroxylation is 1. The molecule has 0 radical (unpaired) electrons. The Balaban J connectivity index is 1.98. The van der Waals surface area contributed by atoms with Gasteiger partial charge in [0.2, 0.25) is 11.8 Å². The van der Waals surface area contributed by atoms with Crippen LogP contribution in [0.2, 0.25) is 0 Å². The summed E-state index contributed by atoms with van der Waals surface area (Å²) in [5.74, 6) is -1.65. The Morgan fingerprint density at radius 2 is 1.77 bits per heavy atom. The van der Waals surface area contributed by atoms with E-state index >= 15 is 0 Å². The van der Waals surface area contributed by atoms with Gasteiger partial charge in [-0.25, -0.2) is 0 Å². The lowest BCUT2D eigenvalue weighted by molar-refractivity contribution is -0.182. The fourth-order valence-corrected chi connectivity index (χ4v) is 3.68. The number of likely N-dealkylation sites (tertiary alicyclic amines) is 1. The maximum Gasteiger partial charge on any atom is 0.261 e. The maximum atomic E-state index is 13.1. The molecule has 1 aromatic rings. The molecule has 1 aromatic carbocycles. The summed E-state index contributed by atoms with van der Waals surface area (Å²) in [5, 5.41) is 1.57. The lowest BCUT2D eigenvalue weighted by atomic mass is 9.90. The highest BCUT2D eigenvalue weighted by molar-refractivity contribution is 6.08. The summed E-state index contributed by atoms with van der Waals surface area (Å²) in [6, 6.07) is 7.35. The SMILES string of the molecule is Cc1ccc(C2C3C(=O)N(C(C)(C)C)C(=O)C3ON2CCC(N)=O)cc1. The van der Waals surface area contributed by atoms with Crippen molar-refractivity contribution in [3.63, 3.8) is 0 Å². The number of hydrogen-bond donors (Lipinski definition) is 1. The van der Waals surface area contributed by atoms with E-state index in [1.165, 1.54) is 4.90 Å². The van der Waals surface area contributed by atoms with E-state index in [-0.39, 0.29) is 24.8 Å². The Kier molecular flexibility index (Phi) is 4.62. The summed E-state index contributed by atoms with van der Waals surface area (Å²) < 4.78 is 0. The van der Waals surface area contributed by atoms with Crippen LogP contribution in [0, 0.1) is 12.8 Å². The summed E-state index contributed by atoms with van der Waals surface area (Å²) in [6.07, 6.45) is -0.770. The molecule has 2 aliphatic heterocycles. The van der Waals surface area contributed by atoms with Gasteiger partial charge >= 0.3 is 0 Å². The second kappa shape index (κ2) is 6.48. The molecule has 0 bridgehead atoms. The number of benzene rings is 1. The van der Waals surface area contributed by atoms with Crippen molar-refractivity contribution in [3.05, 3.63) is 35.4 Å². The lowest BCUT2D eigenvalue weighted by Gasteiger charge is -2.33. The number of fused-ring (bicyclic) bond motifs is 1. The Hall–Kier alpha value is -2.25. The number of nitrogens with two attached hydrogens (primary N) is 1. The van der Waals surface area contributed by atoms with E-state index in [1.54, 1.807) is 5.06 Å². The van der Waals surface area contributed by atoms with Gasteiger partial charge in [-0.1, -0.05) is 29.8 Å². The fourth-order valence-electron chi connectivity index (χ4n) is 3.68. The van der Waals surface area contributed by atoms with E-state index in [9.17, 15) is 14.4 Å². The van der Waals surface area contributed by atoms with Gasteiger partial charge in [0.15, 0.2) is 6.10 Å². The molecule has 2 N–H and O–H groups in total. The number of amides is 3. The predicted octanol–water partition coefficient (Wildman–Crippen LogP) is 1.31. The van der Waals surface area contributed by atoms with Gasteiger partial charge in [0.1, 0.15) is 0 Å². The first-order chi connectivity index (χ1) is 12.1. The minimum atomic E-state index is -0.860. The van der Waals surface area contributed by atoms with Crippen molar-refractivity contribution in [2.24, 2.45) is 11.7 Å². The third-order valence-electron chi connectivity index (χ3n) is 4.86. The Morgan fingerprint density at radius 3 is 2.31 bits per heavy atom. The number of carbonyl (C=O) groups excluding carboxylic acids is 3. The second-order valence-corrected chi connectivity index (χ2v) is 7.95. The Bertz CT molecular complexity index is 738. The van der Waals surface area contributed by atoms with Crippen LogP contribution < -0.4 is 5.73 Å². The predicted molar refractivity (Wildman–Crippen MR) is 94.4 cm³/mol. The monoisotopic (exact) mass is 359 g/mol. The zero-order valence-corrected chi connectivity index (χ0v) is 15.6. The van der Waals surface area contributed by atoms with E-state index in [1.807, 2.05) is 52.0 Å². The average Bonchev–Trinajstić information content (AvgIpc) is 3.02. The minimum absolute atomic E-state index is 0.0904. The molecule has 3 unspecified atom stereocenters. The van der Waals surface area contributed by atoms with Crippen molar-refractivity contribution in [1.29, 1.82) is 0 Å².